The van der Waals surface area contributed by atoms with Crippen LogP contribution in [-0.4, -0.2) is 11.0 Å². The van der Waals surface area contributed by atoms with E-state index in [9.17, 15) is 5.26 Å². The topological polar surface area (TPSA) is 48.7 Å². The van der Waals surface area contributed by atoms with E-state index in [2.05, 4.69) is 37.1 Å². The lowest BCUT2D eigenvalue weighted by molar-refractivity contribution is 0.560. The first-order chi connectivity index (χ1) is 8.63. The van der Waals surface area contributed by atoms with Gasteiger partial charge in [-0.3, -0.25) is 4.98 Å². The fourth-order valence-corrected chi connectivity index (χ4v) is 1.78. The summed E-state index contributed by atoms with van der Waals surface area (Å²) in [7, 11) is 0. The van der Waals surface area contributed by atoms with E-state index in [1.165, 1.54) is 0 Å². The zero-order valence-corrected chi connectivity index (χ0v) is 10.9. The van der Waals surface area contributed by atoms with Crippen LogP contribution in [0.5, 0.6) is 0 Å². The minimum absolute atomic E-state index is 0.308. The summed E-state index contributed by atoms with van der Waals surface area (Å²) in [6.07, 6.45) is 1.64. The number of aromatic nitrogens is 1. The number of nitriles is 1. The highest BCUT2D eigenvalue weighted by atomic mass is 14.9. The Kier molecular flexibility index (Phi) is 3.47. The molecule has 0 radical (unpaired) electrons. The van der Waals surface area contributed by atoms with Gasteiger partial charge in [-0.2, -0.15) is 5.26 Å². The Bertz CT molecular complexity index is 596. The molecule has 3 nitrogen and oxygen atoms in total. The molecule has 1 aromatic carbocycles. The molecule has 1 N–H and O–H groups in total. The molecule has 0 unspecified atom stereocenters. The average molecular weight is 239 g/mol. The molecule has 0 spiro atoms. The van der Waals surface area contributed by atoms with Gasteiger partial charge >= 0.3 is 0 Å². The number of hydrogen-bond donors (Lipinski definition) is 1. The van der Waals surface area contributed by atoms with Crippen LogP contribution in [-0.2, 0) is 0 Å². The maximum Gasteiger partial charge on any atom is 0.103 e. The molecule has 3 heteroatoms. The molecule has 0 bridgehead atoms. The normalized spacial score (nSPS) is 12.4. The van der Waals surface area contributed by atoms with E-state index in [0.717, 1.165) is 16.6 Å². The Balaban J connectivity index is 2.55. The Morgan fingerprint density at radius 1 is 1.22 bits per heavy atom. The van der Waals surface area contributed by atoms with Crippen molar-refractivity contribution in [3.8, 4) is 6.07 Å². The highest BCUT2D eigenvalue weighted by Crippen LogP contribution is 2.26. The third-order valence-electron chi connectivity index (χ3n) is 3.27. The van der Waals surface area contributed by atoms with Crippen LogP contribution in [0.2, 0.25) is 0 Å². The molecule has 0 aliphatic rings. The number of hydrogen-bond acceptors (Lipinski definition) is 3. The van der Waals surface area contributed by atoms with Gasteiger partial charge < -0.3 is 5.32 Å². The van der Waals surface area contributed by atoms with Crippen LogP contribution >= 0.6 is 0 Å². The van der Waals surface area contributed by atoms with E-state index < -0.39 is 0 Å². The maximum atomic E-state index is 9.20. The molecular weight excluding hydrogens is 222 g/mol. The van der Waals surface area contributed by atoms with Crippen LogP contribution in [0.4, 0.5) is 5.69 Å². The molecule has 0 aliphatic heterocycles. The number of para-hydroxylation sites is 1. The Hall–Kier alpha value is -2.08. The molecule has 0 fully saturated rings. The number of nitrogens with zero attached hydrogens (tertiary/aromatic N) is 2. The van der Waals surface area contributed by atoms with E-state index in [1.807, 2.05) is 24.3 Å². The van der Waals surface area contributed by atoms with Gasteiger partial charge in [-0.25, -0.2) is 0 Å². The van der Waals surface area contributed by atoms with E-state index in [1.54, 1.807) is 6.20 Å². The molecule has 0 amide bonds. The number of benzene rings is 1. The third kappa shape index (κ3) is 2.28. The zero-order valence-electron chi connectivity index (χ0n) is 10.9. The van der Waals surface area contributed by atoms with Gasteiger partial charge in [-0.15, -0.1) is 0 Å². The van der Waals surface area contributed by atoms with Gasteiger partial charge in [0.1, 0.15) is 6.07 Å². The van der Waals surface area contributed by atoms with Crippen molar-refractivity contribution >= 4 is 16.6 Å². The van der Waals surface area contributed by atoms with Gasteiger partial charge in [0, 0.05) is 17.6 Å². The second-order valence-electron chi connectivity index (χ2n) is 4.85. The molecule has 18 heavy (non-hydrogen) atoms. The first-order valence-electron chi connectivity index (χ1n) is 6.18. The molecule has 1 heterocycles. The van der Waals surface area contributed by atoms with E-state index in [-0.39, 0.29) is 0 Å². The molecular formula is C15H17N3. The van der Waals surface area contributed by atoms with Gasteiger partial charge in [0.15, 0.2) is 0 Å². The summed E-state index contributed by atoms with van der Waals surface area (Å²) in [6.45, 7) is 6.45. The smallest absolute Gasteiger partial charge is 0.103 e. The Morgan fingerprint density at radius 3 is 2.61 bits per heavy atom. The lowest BCUT2D eigenvalue weighted by Crippen LogP contribution is -2.22. The average Bonchev–Trinajstić information content (AvgIpc) is 2.39. The van der Waals surface area contributed by atoms with Gasteiger partial charge in [0.25, 0.3) is 0 Å². The highest BCUT2D eigenvalue weighted by Gasteiger charge is 2.13. The standard InChI is InChI=1S/C15H17N3/c1-10(2)11(3)18-15-12(8-16)9-17-14-7-5-4-6-13(14)15/h4-7,9-11H,1-3H3,(H,17,18)/t11-/m0/s1. The molecule has 1 atom stereocenters. The summed E-state index contributed by atoms with van der Waals surface area (Å²) in [5.41, 5.74) is 2.40. The molecule has 0 aliphatic carbocycles. The Labute approximate surface area is 107 Å². The van der Waals surface area contributed by atoms with Crippen molar-refractivity contribution in [2.24, 2.45) is 5.92 Å². The quantitative estimate of drug-likeness (QED) is 0.890. The van der Waals surface area contributed by atoms with Crippen LogP contribution < -0.4 is 5.32 Å². The first-order valence-corrected chi connectivity index (χ1v) is 6.18. The second-order valence-corrected chi connectivity index (χ2v) is 4.85. The van der Waals surface area contributed by atoms with Gasteiger partial charge in [-0.05, 0) is 18.9 Å². The number of rotatable bonds is 3. The van der Waals surface area contributed by atoms with Crippen LogP contribution in [0.3, 0.4) is 0 Å². The number of fused-ring (bicyclic) bond motifs is 1. The third-order valence-corrected chi connectivity index (χ3v) is 3.27. The Morgan fingerprint density at radius 2 is 1.94 bits per heavy atom. The fourth-order valence-electron chi connectivity index (χ4n) is 1.78. The van der Waals surface area contributed by atoms with Crippen molar-refractivity contribution in [1.29, 1.82) is 5.26 Å². The van der Waals surface area contributed by atoms with Crippen molar-refractivity contribution in [3.05, 3.63) is 36.0 Å². The van der Waals surface area contributed by atoms with Crippen molar-refractivity contribution in [3.63, 3.8) is 0 Å². The van der Waals surface area contributed by atoms with Crippen molar-refractivity contribution in [2.45, 2.75) is 26.8 Å². The second kappa shape index (κ2) is 5.05. The van der Waals surface area contributed by atoms with Crippen molar-refractivity contribution in [2.75, 3.05) is 5.32 Å². The summed E-state index contributed by atoms with van der Waals surface area (Å²) in [5, 5.41) is 13.6. The predicted molar refractivity (Wildman–Crippen MR) is 74.4 cm³/mol. The largest absolute Gasteiger partial charge is 0.381 e. The predicted octanol–water partition coefficient (Wildman–Crippen LogP) is 3.56. The van der Waals surface area contributed by atoms with Gasteiger partial charge in [0.2, 0.25) is 0 Å². The van der Waals surface area contributed by atoms with Crippen LogP contribution in [0.25, 0.3) is 10.9 Å². The van der Waals surface area contributed by atoms with E-state index in [4.69, 9.17) is 0 Å². The first kappa shape index (κ1) is 12.4. The molecule has 2 rings (SSSR count). The summed E-state index contributed by atoms with van der Waals surface area (Å²) in [6, 6.07) is 10.4. The van der Waals surface area contributed by atoms with Crippen molar-refractivity contribution < 1.29 is 0 Å². The minimum atomic E-state index is 0.308. The maximum absolute atomic E-state index is 9.20. The molecule has 1 aromatic heterocycles. The monoisotopic (exact) mass is 239 g/mol. The summed E-state index contributed by atoms with van der Waals surface area (Å²) in [4.78, 5) is 4.30. The lowest BCUT2D eigenvalue weighted by Gasteiger charge is -2.20. The molecule has 0 saturated heterocycles. The molecule has 92 valence electrons. The summed E-state index contributed by atoms with van der Waals surface area (Å²) in [5.74, 6) is 0.503. The number of pyridine rings is 1. The minimum Gasteiger partial charge on any atom is -0.381 e. The van der Waals surface area contributed by atoms with E-state index in [0.29, 0.717) is 17.5 Å². The fraction of sp³-hybridized carbons (Fsp3) is 0.333. The van der Waals surface area contributed by atoms with Crippen molar-refractivity contribution in [1.82, 2.24) is 4.98 Å². The van der Waals surface area contributed by atoms with Crippen LogP contribution in [0.15, 0.2) is 30.5 Å². The van der Waals surface area contributed by atoms with Crippen LogP contribution in [0.1, 0.15) is 26.3 Å². The van der Waals surface area contributed by atoms with Gasteiger partial charge in [-0.1, -0.05) is 32.0 Å². The molecule has 0 saturated carbocycles. The number of anilines is 1. The van der Waals surface area contributed by atoms with Gasteiger partial charge in [0.05, 0.1) is 16.8 Å². The lowest BCUT2D eigenvalue weighted by atomic mass is 10.0. The zero-order chi connectivity index (χ0) is 13.1. The summed E-state index contributed by atoms with van der Waals surface area (Å²) < 4.78 is 0. The highest BCUT2D eigenvalue weighted by molar-refractivity contribution is 5.93. The SMILES string of the molecule is CC(C)[C@H](C)Nc1c(C#N)cnc2ccccc12. The summed E-state index contributed by atoms with van der Waals surface area (Å²) >= 11 is 0. The van der Waals surface area contributed by atoms with E-state index >= 15 is 0 Å². The van der Waals surface area contributed by atoms with Crippen LogP contribution in [0, 0.1) is 17.2 Å². The molecule has 2 aromatic rings. The number of nitrogens with one attached hydrogen (secondary N) is 1.